The molecule has 2 fully saturated rings. The quantitative estimate of drug-likeness (QED) is 0.0864. The van der Waals surface area contributed by atoms with E-state index in [1.807, 2.05) is 36.4 Å². The van der Waals surface area contributed by atoms with Crippen LogP contribution < -0.4 is 24.7 Å². The number of aromatic nitrogens is 6. The summed E-state index contributed by atoms with van der Waals surface area (Å²) in [5.41, 5.74) is 4.84. The molecule has 8 rings (SSSR count). The molecule has 4 aromatic carbocycles. The Kier molecular flexibility index (Phi) is 17.0. The topological polar surface area (TPSA) is 157 Å². The van der Waals surface area contributed by atoms with Gasteiger partial charge in [0.2, 0.25) is 5.41 Å². The second-order valence-corrected chi connectivity index (χ2v) is 17.2. The van der Waals surface area contributed by atoms with E-state index < -0.39 is 36.4 Å². The number of hydrogen-bond donors (Lipinski definition) is 1. The highest BCUT2D eigenvalue weighted by Crippen LogP contribution is 2.51. The second kappa shape index (κ2) is 22.3. The number of hydrogen-bond acceptors (Lipinski definition) is 12. The highest BCUT2D eigenvalue weighted by Gasteiger charge is 2.71. The summed E-state index contributed by atoms with van der Waals surface area (Å²) in [6, 6.07) is 24.7. The fourth-order valence-electron chi connectivity index (χ4n) is 6.55. The zero-order valence-electron chi connectivity index (χ0n) is 37.3. The summed E-state index contributed by atoms with van der Waals surface area (Å²) >= 11 is 12.7. The number of benzene rings is 4. The monoisotopic (exact) mass is 1020 g/mol. The molecule has 0 unspecified atom stereocenters. The molecule has 6 aromatic rings. The number of halogens is 9. The Hall–Kier alpha value is -5.82. The van der Waals surface area contributed by atoms with Gasteiger partial charge in [-0.05, 0) is 135 Å². The van der Waals surface area contributed by atoms with Crippen LogP contribution in [0.1, 0.15) is 50.2 Å². The molecule has 0 saturated heterocycles. The molecular formula is C48H46Cl3F6N7O5. The number of Topliss-reactive ketones (excluding diaryl/α,β-unsaturated/α-hetero) is 1. The van der Waals surface area contributed by atoms with Crippen LogP contribution in [0.5, 0.6) is 23.5 Å². The fraction of sp³-hybridized carbons (Fsp3) is 0.354. The van der Waals surface area contributed by atoms with Crippen molar-refractivity contribution in [2.24, 2.45) is 23.0 Å². The van der Waals surface area contributed by atoms with Gasteiger partial charge in [-0.25, -0.2) is 9.97 Å². The first-order chi connectivity index (χ1) is 32.4. The molecule has 0 spiro atoms. The predicted molar refractivity (Wildman–Crippen MR) is 250 cm³/mol. The van der Waals surface area contributed by atoms with E-state index in [0.29, 0.717) is 58.5 Å². The number of methoxy groups -OCH3 is 2. The highest BCUT2D eigenvalue weighted by atomic mass is 35.5. The van der Waals surface area contributed by atoms with Gasteiger partial charge in [0.25, 0.3) is 0 Å². The van der Waals surface area contributed by atoms with E-state index in [9.17, 15) is 31.1 Å². The number of carbonyl (C=O) groups excluding carboxylic acids is 1. The van der Waals surface area contributed by atoms with Crippen LogP contribution in [0.2, 0.25) is 10.0 Å². The predicted octanol–water partition coefficient (Wildman–Crippen LogP) is 11.8. The lowest BCUT2D eigenvalue weighted by atomic mass is 9.81. The van der Waals surface area contributed by atoms with Crippen LogP contribution in [-0.2, 0) is 17.8 Å². The normalized spacial score (nSPS) is 13.7. The highest BCUT2D eigenvalue weighted by molar-refractivity contribution is 6.33. The molecule has 2 saturated carbocycles. The van der Waals surface area contributed by atoms with E-state index in [2.05, 4.69) is 29.9 Å². The lowest BCUT2D eigenvalue weighted by Gasteiger charge is -2.32. The van der Waals surface area contributed by atoms with Crippen LogP contribution in [0.4, 0.5) is 26.3 Å². The third kappa shape index (κ3) is 13.1. The van der Waals surface area contributed by atoms with Crippen molar-refractivity contribution in [2.45, 2.75) is 64.3 Å². The van der Waals surface area contributed by atoms with Crippen LogP contribution in [0.15, 0.2) is 84.9 Å². The van der Waals surface area contributed by atoms with Crippen molar-refractivity contribution >= 4 is 41.4 Å². The molecule has 69 heavy (non-hydrogen) atoms. The van der Waals surface area contributed by atoms with Crippen LogP contribution in [0, 0.1) is 17.3 Å². The van der Waals surface area contributed by atoms with Crippen LogP contribution >= 0.6 is 35.6 Å². The van der Waals surface area contributed by atoms with Gasteiger partial charge in [-0.2, -0.15) is 46.3 Å². The molecule has 0 radical (unpaired) electrons. The third-order valence-corrected chi connectivity index (χ3v) is 12.0. The minimum Gasteiger partial charge on any atom is -0.493 e. The number of alkyl halides is 6. The molecule has 0 bridgehead atoms. The summed E-state index contributed by atoms with van der Waals surface area (Å²) in [5, 5.41) is 0.703. The summed E-state index contributed by atoms with van der Waals surface area (Å²) in [6.07, 6.45) is -8.16. The van der Waals surface area contributed by atoms with E-state index >= 15 is 0 Å². The molecule has 0 amide bonds. The maximum Gasteiger partial charge on any atom is 0.409 e. The number of ether oxygens (including phenoxy) is 4. The summed E-state index contributed by atoms with van der Waals surface area (Å²) < 4.78 is 102. The summed E-state index contributed by atoms with van der Waals surface area (Å²) in [7, 11) is 2.87. The van der Waals surface area contributed by atoms with E-state index in [0.717, 1.165) is 36.3 Å². The van der Waals surface area contributed by atoms with E-state index in [4.69, 9.17) is 47.9 Å². The Morgan fingerprint density at radius 2 is 1.00 bits per heavy atom. The third-order valence-electron chi connectivity index (χ3n) is 11.3. The van der Waals surface area contributed by atoms with Gasteiger partial charge in [0, 0.05) is 35.2 Å². The van der Waals surface area contributed by atoms with Gasteiger partial charge in [-0.15, -0.1) is 12.4 Å². The van der Waals surface area contributed by atoms with Crippen molar-refractivity contribution < 1.29 is 50.1 Å². The molecule has 2 heterocycles. The largest absolute Gasteiger partial charge is 0.493 e. The summed E-state index contributed by atoms with van der Waals surface area (Å²) in [5.74, 6) is 2.09. The molecule has 2 aromatic heterocycles. The van der Waals surface area contributed by atoms with Gasteiger partial charge in [0.15, 0.2) is 29.1 Å². The molecule has 12 nitrogen and oxygen atoms in total. The van der Waals surface area contributed by atoms with Gasteiger partial charge in [0.05, 0.1) is 37.5 Å². The van der Waals surface area contributed by atoms with Crippen molar-refractivity contribution in [3.63, 3.8) is 0 Å². The van der Waals surface area contributed by atoms with Gasteiger partial charge >= 0.3 is 24.4 Å². The van der Waals surface area contributed by atoms with Crippen molar-refractivity contribution in [1.29, 1.82) is 0 Å². The molecule has 0 aliphatic heterocycles. The number of carbonyl (C=O) groups is 1. The zero-order valence-corrected chi connectivity index (χ0v) is 39.7. The van der Waals surface area contributed by atoms with Gasteiger partial charge in [-0.3, -0.25) is 4.79 Å². The molecule has 21 heteroatoms. The van der Waals surface area contributed by atoms with E-state index in [1.54, 1.807) is 30.3 Å². The maximum absolute atomic E-state index is 13.3. The minimum absolute atomic E-state index is 0. The first kappa shape index (κ1) is 52.5. The Bertz CT molecular complexity index is 2710. The molecule has 0 atom stereocenters. The SMILES string of the molecule is COc1nc(-c2ccc(OCC3CC3)cc2)nc(-c2cc(CCC(=O)C(C)(C(F)(F)F)C(F)(F)F)ccc2Cl)n1.COc1nc(-c2ccc(OCC3CC3)cc2)nc(-c2cc(CN)ccc2Cl)n1.Cl. The number of nitrogens with zero attached hydrogens (tertiary/aromatic N) is 6. The lowest BCUT2D eigenvalue weighted by Crippen LogP contribution is -2.53. The average Bonchev–Trinajstić information content (AvgIpc) is 4.29. The van der Waals surface area contributed by atoms with Gasteiger partial charge in [0.1, 0.15) is 11.5 Å². The first-order valence-corrected chi connectivity index (χ1v) is 22.2. The molecule has 2 aliphatic carbocycles. The van der Waals surface area contributed by atoms with Crippen molar-refractivity contribution in [1.82, 2.24) is 29.9 Å². The van der Waals surface area contributed by atoms with Crippen molar-refractivity contribution in [3.8, 4) is 69.1 Å². The Morgan fingerprint density at radius 1 is 0.609 bits per heavy atom. The Balaban J connectivity index is 0.000000237. The number of ketones is 1. The first-order valence-electron chi connectivity index (χ1n) is 21.4. The average molecular weight is 1020 g/mol. The standard InChI is InChI=1S/C27H24ClF6N3O3.C21H21ClN4O2.ClH/c1-25(26(29,30)31,27(32,33)34)21(38)12-6-15-5-11-20(28)19(13-15)23-35-22(36-24(37-23)39-2)17-7-9-18(10-8-17)40-14-16-3-4-16;1-27-21-25-19(15-5-7-16(8-6-15)28-12-13-2-3-13)24-20(26-21)17-10-14(11-23)4-9-18(17)22;/h5,7-11,13,16H,3-4,6,12,14H2,1-2H3;4-10,13H,2-3,11-12,23H2,1H3;1H. The molecule has 2 N–H and O–H groups in total. The smallest absolute Gasteiger partial charge is 0.409 e. The summed E-state index contributed by atoms with van der Waals surface area (Å²) in [6.45, 7) is 1.68. The van der Waals surface area contributed by atoms with Crippen molar-refractivity contribution in [3.05, 3.63) is 106 Å². The Morgan fingerprint density at radius 3 is 1.38 bits per heavy atom. The Labute approximate surface area is 409 Å². The van der Waals surface area contributed by atoms with Gasteiger partial charge < -0.3 is 24.7 Å². The van der Waals surface area contributed by atoms with Crippen LogP contribution in [0.3, 0.4) is 0 Å². The van der Waals surface area contributed by atoms with E-state index in [-0.39, 0.29) is 59.2 Å². The maximum atomic E-state index is 13.3. The van der Waals surface area contributed by atoms with E-state index in [1.165, 1.54) is 45.3 Å². The van der Waals surface area contributed by atoms with Gasteiger partial charge in [-0.1, -0.05) is 35.3 Å². The summed E-state index contributed by atoms with van der Waals surface area (Å²) in [4.78, 5) is 38.5. The minimum atomic E-state index is -5.80. The number of aryl methyl sites for hydroxylation is 1. The fourth-order valence-corrected chi connectivity index (χ4v) is 6.95. The number of nitrogens with two attached hydrogens (primary N) is 1. The lowest BCUT2D eigenvalue weighted by molar-refractivity contribution is -0.318. The molecule has 366 valence electrons. The van der Waals surface area contributed by atoms with Crippen molar-refractivity contribution in [2.75, 3.05) is 27.4 Å². The van der Waals surface area contributed by atoms with Crippen LogP contribution in [0.25, 0.3) is 45.6 Å². The zero-order chi connectivity index (χ0) is 48.8. The van der Waals surface area contributed by atoms with Crippen LogP contribution in [-0.4, -0.2) is 75.5 Å². The molecule has 2 aliphatic rings. The number of rotatable bonds is 17. The molecular weight excluding hydrogens is 975 g/mol. The second-order valence-electron chi connectivity index (χ2n) is 16.4.